The van der Waals surface area contributed by atoms with Gasteiger partial charge < -0.3 is 19.7 Å². The third kappa shape index (κ3) is 5.40. The number of fused-ring (bicyclic) bond motifs is 1. The van der Waals surface area contributed by atoms with Crippen LogP contribution in [0.15, 0.2) is 58.4 Å². The highest BCUT2D eigenvalue weighted by Crippen LogP contribution is 2.21. The van der Waals surface area contributed by atoms with Crippen LogP contribution in [-0.2, 0) is 23.0 Å². The van der Waals surface area contributed by atoms with Crippen LogP contribution in [0.2, 0.25) is 0 Å². The minimum atomic E-state index is -1.37. The molecule has 0 saturated carbocycles. The average molecular weight is 457 g/mol. The number of para-hydroxylation sites is 1. The molecule has 174 valence electrons. The van der Waals surface area contributed by atoms with E-state index in [2.05, 4.69) is 10.5 Å². The van der Waals surface area contributed by atoms with Crippen LogP contribution in [0.1, 0.15) is 12.5 Å². The molecule has 0 fully saturated rings. The Hall–Kier alpha value is -3.65. The van der Waals surface area contributed by atoms with Crippen LogP contribution in [-0.4, -0.2) is 33.3 Å². The lowest BCUT2D eigenvalue weighted by atomic mass is 10.0. The quantitative estimate of drug-likeness (QED) is 0.178. The first-order valence-corrected chi connectivity index (χ1v) is 9.91. The first-order chi connectivity index (χ1) is 15.7. The number of nitrogens with zero attached hydrogens (tertiary/aromatic N) is 2. The van der Waals surface area contributed by atoms with E-state index < -0.39 is 16.4 Å². The number of aromatic nitrogens is 1. The summed E-state index contributed by atoms with van der Waals surface area (Å²) in [7, 11) is 1.64. The van der Waals surface area contributed by atoms with E-state index >= 15 is 0 Å². The normalized spacial score (nSPS) is 13.6. The molecule has 0 aliphatic heterocycles. The molecule has 0 radical (unpaired) electrons. The molecule has 5 N–H and O–H groups in total. The minimum Gasteiger partial charge on any atom is -0.595 e. The van der Waals surface area contributed by atoms with Crippen molar-refractivity contribution in [3.05, 3.63) is 74.9 Å². The molecule has 0 amide bonds. The second-order valence-corrected chi connectivity index (χ2v) is 7.02. The number of aryl methyl sites for hydroxylation is 1. The summed E-state index contributed by atoms with van der Waals surface area (Å²) in [5.74, 6) is -0.742. The van der Waals surface area contributed by atoms with Gasteiger partial charge >= 0.3 is 5.97 Å². The number of benzene rings is 2. The number of hydrogen-bond donors (Lipinski definition) is 5. The summed E-state index contributed by atoms with van der Waals surface area (Å²) in [6, 6.07) is 12.0. The van der Waals surface area contributed by atoms with Gasteiger partial charge in [-0.05, 0) is 24.6 Å². The Morgan fingerprint density at radius 2 is 1.88 bits per heavy atom. The molecular formula is C21H23N5O7. The van der Waals surface area contributed by atoms with Gasteiger partial charge in [-0.15, -0.1) is 0 Å². The second kappa shape index (κ2) is 10.3. The fourth-order valence-corrected chi connectivity index (χ4v) is 3.26. The van der Waals surface area contributed by atoms with Gasteiger partial charge in [0, 0.05) is 31.0 Å². The highest BCUT2D eigenvalue weighted by Gasteiger charge is 2.19. The van der Waals surface area contributed by atoms with Gasteiger partial charge in [0.2, 0.25) is 0 Å². The maximum atomic E-state index is 12.5. The first kappa shape index (κ1) is 24.0. The van der Waals surface area contributed by atoms with Crippen LogP contribution < -0.4 is 21.4 Å². The van der Waals surface area contributed by atoms with Crippen LogP contribution in [0.4, 0.5) is 17.1 Å². The van der Waals surface area contributed by atoms with Gasteiger partial charge in [-0.1, -0.05) is 18.2 Å². The maximum Gasteiger partial charge on any atom is 0.354 e. The number of quaternary nitrogens is 2. The van der Waals surface area contributed by atoms with Crippen molar-refractivity contribution in [1.82, 2.24) is 4.57 Å². The number of pyridine rings is 1. The Morgan fingerprint density at radius 3 is 2.55 bits per heavy atom. The zero-order valence-corrected chi connectivity index (χ0v) is 17.9. The molecule has 2 aromatic carbocycles. The van der Waals surface area contributed by atoms with Gasteiger partial charge in [0.15, 0.2) is 11.4 Å². The SMILES string of the molecule is CCOC(=O)/C(Cc1cc(=O)n(C)c2ccccc12)=N/Nc1ccc([NH+]([O-])O)cc1[NH+]([O-])O. The van der Waals surface area contributed by atoms with Crippen LogP contribution in [0.3, 0.4) is 0 Å². The molecule has 3 aromatic rings. The van der Waals surface area contributed by atoms with Gasteiger partial charge in [-0.2, -0.15) is 15.6 Å². The van der Waals surface area contributed by atoms with Crippen molar-refractivity contribution in [2.75, 3.05) is 12.0 Å². The van der Waals surface area contributed by atoms with E-state index in [1.807, 2.05) is 6.07 Å². The Morgan fingerprint density at radius 1 is 1.15 bits per heavy atom. The van der Waals surface area contributed by atoms with E-state index in [0.717, 1.165) is 11.5 Å². The number of carbonyl (C=O) groups excluding carboxylic acids is 1. The topological polar surface area (TPSA) is 168 Å². The Balaban J connectivity index is 2.02. The van der Waals surface area contributed by atoms with Gasteiger partial charge in [0.05, 0.1) is 18.2 Å². The van der Waals surface area contributed by atoms with E-state index in [4.69, 9.17) is 9.94 Å². The number of esters is 1. The van der Waals surface area contributed by atoms with E-state index in [9.17, 15) is 25.2 Å². The zero-order valence-electron chi connectivity index (χ0n) is 17.9. The summed E-state index contributed by atoms with van der Waals surface area (Å²) in [6.07, 6.45) is -0.0575. The smallest absolute Gasteiger partial charge is 0.354 e. The maximum absolute atomic E-state index is 12.5. The number of carbonyl (C=O) groups is 1. The summed E-state index contributed by atoms with van der Waals surface area (Å²) in [5.41, 5.74) is 2.83. The molecule has 12 nitrogen and oxygen atoms in total. The fraction of sp³-hybridized carbons (Fsp3) is 0.190. The average Bonchev–Trinajstić information content (AvgIpc) is 2.79. The van der Waals surface area contributed by atoms with E-state index in [-0.39, 0.29) is 41.4 Å². The van der Waals surface area contributed by atoms with Crippen molar-refractivity contribution in [3.8, 4) is 0 Å². The number of anilines is 1. The molecule has 1 heterocycles. The molecule has 0 saturated heterocycles. The zero-order chi connectivity index (χ0) is 24.1. The van der Waals surface area contributed by atoms with Gasteiger partial charge in [0.25, 0.3) is 5.56 Å². The van der Waals surface area contributed by atoms with Crippen LogP contribution in [0, 0.1) is 10.4 Å². The van der Waals surface area contributed by atoms with Gasteiger partial charge in [-0.25, -0.2) is 15.2 Å². The van der Waals surface area contributed by atoms with Crippen molar-refractivity contribution in [2.45, 2.75) is 13.3 Å². The number of hydrogen-bond acceptors (Lipinski definition) is 9. The highest BCUT2D eigenvalue weighted by atomic mass is 16.8. The minimum absolute atomic E-state index is 0.0110. The van der Waals surface area contributed by atoms with Crippen molar-refractivity contribution < 1.29 is 30.4 Å². The molecule has 33 heavy (non-hydrogen) atoms. The molecule has 2 atom stereocenters. The first-order valence-electron chi connectivity index (χ1n) is 9.91. The Kier molecular flexibility index (Phi) is 7.50. The molecule has 1 aromatic heterocycles. The fourth-order valence-electron chi connectivity index (χ4n) is 3.26. The number of nitrogens with one attached hydrogen (secondary N) is 3. The van der Waals surface area contributed by atoms with Crippen LogP contribution in [0.25, 0.3) is 10.9 Å². The highest BCUT2D eigenvalue weighted by molar-refractivity contribution is 6.37. The van der Waals surface area contributed by atoms with Crippen molar-refractivity contribution in [1.29, 1.82) is 0 Å². The van der Waals surface area contributed by atoms with E-state index in [1.165, 1.54) is 22.8 Å². The monoisotopic (exact) mass is 457 g/mol. The molecule has 0 spiro atoms. The lowest BCUT2D eigenvalue weighted by molar-refractivity contribution is -0.996. The molecule has 3 rings (SSSR count). The largest absolute Gasteiger partial charge is 0.595 e. The van der Waals surface area contributed by atoms with Crippen LogP contribution in [0.5, 0.6) is 0 Å². The third-order valence-electron chi connectivity index (χ3n) is 4.92. The number of ether oxygens (including phenoxy) is 1. The van der Waals surface area contributed by atoms with Gasteiger partial charge in [-0.3, -0.25) is 10.2 Å². The molecule has 0 aliphatic rings. The standard InChI is InChI=1S/C21H23N5O7/c1-3-33-21(28)17(10-13-11-20(27)24(2)18-7-5-4-6-15(13)18)23-22-16-9-8-14(25(29)30)12-19(16)26(31)32/h4-9,11-12,22,25-26,29,31H,3,10H2,1-2H3/b23-17+. The summed E-state index contributed by atoms with van der Waals surface area (Å²) < 4.78 is 6.56. The molecule has 0 aliphatic carbocycles. The third-order valence-corrected chi connectivity index (χ3v) is 4.92. The molecule has 12 heteroatoms. The summed E-state index contributed by atoms with van der Waals surface area (Å²) >= 11 is 0. The van der Waals surface area contributed by atoms with Crippen LogP contribution >= 0.6 is 0 Å². The molecule has 0 bridgehead atoms. The van der Waals surface area contributed by atoms with Crippen molar-refractivity contribution in [3.63, 3.8) is 0 Å². The summed E-state index contributed by atoms with van der Waals surface area (Å²) in [6.45, 7) is 1.71. The Labute approximate surface area is 187 Å². The van der Waals surface area contributed by atoms with Crippen molar-refractivity contribution in [2.24, 2.45) is 12.1 Å². The lowest BCUT2D eigenvalue weighted by Gasteiger charge is -2.18. The van der Waals surface area contributed by atoms with E-state index in [1.54, 1.807) is 32.2 Å². The summed E-state index contributed by atoms with van der Waals surface area (Å²) in [4.78, 5) is 24.9. The predicted octanol–water partition coefficient (Wildman–Crippen LogP) is -0.0810. The molecular weight excluding hydrogens is 434 g/mol. The van der Waals surface area contributed by atoms with Crippen molar-refractivity contribution >= 4 is 39.6 Å². The van der Waals surface area contributed by atoms with E-state index in [0.29, 0.717) is 11.1 Å². The lowest BCUT2D eigenvalue weighted by Crippen LogP contribution is -3.00. The number of hydrazone groups is 1. The Bertz CT molecular complexity index is 1250. The second-order valence-electron chi connectivity index (χ2n) is 7.02. The van der Waals surface area contributed by atoms with Gasteiger partial charge in [0.1, 0.15) is 11.4 Å². The number of rotatable bonds is 8. The summed E-state index contributed by atoms with van der Waals surface area (Å²) in [5, 5.41) is 43.4. The molecule has 2 unspecified atom stereocenters. The predicted molar refractivity (Wildman–Crippen MR) is 119 cm³/mol.